The molecule has 3 aliphatic heterocycles. The molecule has 596 valence electrons. The number of aromatic nitrogens is 15. The van der Waals surface area contributed by atoms with Crippen molar-refractivity contribution in [3.8, 4) is 33.8 Å². The Morgan fingerprint density at radius 2 is 0.591 bits per heavy atom. The molecule has 3 N–H and O–H groups in total. The largest absolute Gasteiger partial charge is 0.481 e. The number of fused-ring (bicyclic) bond motifs is 3. The third kappa shape index (κ3) is 12.5. The van der Waals surface area contributed by atoms with Gasteiger partial charge in [0, 0.05) is 124 Å². The highest BCUT2D eigenvalue weighted by atomic mass is 31.2. The van der Waals surface area contributed by atoms with Crippen LogP contribution >= 0.6 is 7.82 Å². The van der Waals surface area contributed by atoms with Gasteiger partial charge in [0.2, 0.25) is 0 Å². The third-order valence-electron chi connectivity index (χ3n) is 22.4. The lowest BCUT2D eigenvalue weighted by Crippen LogP contribution is -2.64. The summed E-state index contributed by atoms with van der Waals surface area (Å²) >= 11 is 0. The second-order valence-electron chi connectivity index (χ2n) is 37.8. The van der Waals surface area contributed by atoms with Crippen LogP contribution in [0.25, 0.3) is 50.7 Å². The summed E-state index contributed by atoms with van der Waals surface area (Å²) < 4.78 is 144. The van der Waals surface area contributed by atoms with Crippen molar-refractivity contribution in [3.63, 3.8) is 0 Å². The average molecular weight is 1560 g/mol. The highest BCUT2D eigenvalue weighted by molar-refractivity contribution is 7.48. The van der Waals surface area contributed by atoms with Gasteiger partial charge in [-0.25, -0.2) is 73.8 Å². The van der Waals surface area contributed by atoms with Crippen molar-refractivity contribution in [1.82, 2.24) is 72.4 Å². The predicted octanol–water partition coefficient (Wildman–Crippen LogP) is 12.6. The Labute approximate surface area is 630 Å². The van der Waals surface area contributed by atoms with Gasteiger partial charge >= 0.3 is 24.9 Å². The fraction of sp³-hybridized carbons (Fsp3) is 0.600. The first kappa shape index (κ1) is 80.5. The van der Waals surface area contributed by atoms with Crippen LogP contribution in [0.15, 0.2) is 103 Å². The van der Waals surface area contributed by atoms with E-state index in [9.17, 15) is 14.4 Å². The van der Waals surface area contributed by atoms with Crippen molar-refractivity contribution in [1.29, 1.82) is 0 Å². The topological polar surface area (TPSA) is 310 Å². The third-order valence-corrected chi connectivity index (χ3v) is 23.9. The monoisotopic (exact) mass is 1560 g/mol. The number of phosphoric acid groups is 1. The summed E-state index contributed by atoms with van der Waals surface area (Å²) in [5.74, 6) is -9.60. The fourth-order valence-corrected chi connectivity index (χ4v) is 20.3. The van der Waals surface area contributed by atoms with Crippen molar-refractivity contribution in [2.75, 3.05) is 54.0 Å². The van der Waals surface area contributed by atoms with Crippen molar-refractivity contribution in [2.45, 2.75) is 201 Å². The minimum atomic E-state index is -6.30. The Morgan fingerprint density at radius 3 is 0.782 bits per heavy atom. The van der Waals surface area contributed by atoms with Crippen LogP contribution in [-0.2, 0) is 35.3 Å². The second-order valence-corrected chi connectivity index (χ2v) is 39.3. The number of hydrogen-bond acceptors (Lipinski definition) is 19. The molecule has 3 saturated heterocycles. The van der Waals surface area contributed by atoms with E-state index in [2.05, 4.69) is 29.9 Å². The zero-order valence-corrected chi connectivity index (χ0v) is 67.6. The zero-order valence-electron chi connectivity index (χ0n) is 66.7. The van der Waals surface area contributed by atoms with Gasteiger partial charge in [-0.05, 0) is 18.2 Å². The summed E-state index contributed by atoms with van der Waals surface area (Å²) in [5, 5.41) is 14.2. The normalized spacial score (nSPS) is 18.6. The van der Waals surface area contributed by atoms with Crippen LogP contribution in [0.3, 0.4) is 0 Å². The van der Waals surface area contributed by atoms with Crippen LogP contribution in [0.4, 0.5) is 43.4 Å². The summed E-state index contributed by atoms with van der Waals surface area (Å²) in [6.07, 6.45) is 11.9. The van der Waals surface area contributed by atoms with Gasteiger partial charge in [0.25, 0.3) is 34.4 Å². The lowest BCUT2D eigenvalue weighted by molar-refractivity contribution is -0.263. The molecule has 0 aromatic carbocycles. The van der Waals surface area contributed by atoms with Crippen molar-refractivity contribution >= 4 is 41.8 Å². The fourth-order valence-electron chi connectivity index (χ4n) is 17.3. The van der Waals surface area contributed by atoms with Gasteiger partial charge in [0.15, 0.2) is 34.1 Å². The molecule has 0 saturated carbocycles. The first-order valence-electron chi connectivity index (χ1n) is 36.3. The number of rotatable bonds is 15. The number of alkyl halides is 6. The summed E-state index contributed by atoms with van der Waals surface area (Å²) in [6, 6.07) is 4.19. The Morgan fingerprint density at radius 1 is 0.373 bits per heavy atom. The van der Waals surface area contributed by atoms with Crippen LogP contribution in [-0.4, -0.2) is 129 Å². The Kier molecular flexibility index (Phi) is 18.3. The van der Waals surface area contributed by atoms with Crippen LogP contribution in [0.2, 0.25) is 0 Å². The van der Waals surface area contributed by atoms with Gasteiger partial charge in [-0.15, -0.1) is 0 Å². The maximum absolute atomic E-state index is 19.0. The van der Waals surface area contributed by atoms with Crippen LogP contribution in [0.5, 0.6) is 0 Å². The first-order chi connectivity index (χ1) is 50.0. The number of aromatic amines is 3. The van der Waals surface area contributed by atoms with E-state index in [4.69, 9.17) is 28.9 Å². The zero-order chi connectivity index (χ0) is 81.8. The van der Waals surface area contributed by atoms with E-state index in [1.54, 1.807) is 125 Å². The van der Waals surface area contributed by atoms with Gasteiger partial charge in [-0.2, -0.15) is 15.3 Å². The standard InChI is InChI=1S/C75H99F6N18O10P/c1-61(2,3)73(62(4,5)6,94-34-43(55(100)85-58(94)103)46-31-49(52-82-25-28-97(52)88-46)91-37-67(19,20)70(76,77)40-91)107-110(106,108-74(63(7,8)9,64(10,11)12)95-35-44(56(101)86-59(95)104)47-32-50(53-83-26-29-98(53)89-47)92-38-68(21,22)71(78,79)41-92)109-75(65(13,14)15,66(16,17)18)96-36-45(57(102)87-60(96)105)48-33-51(54-84-27-30-99(54)90-48)93-39-69(23,24)72(80,81)42-93/h25-36H,37-42H2,1-24H3,(H,85,100,103)(H,86,101,104)(H,87,102,105). The van der Waals surface area contributed by atoms with Crippen LogP contribution in [0.1, 0.15) is 166 Å². The Bertz CT molecular complexity index is 4990. The molecule has 9 aromatic heterocycles. The summed E-state index contributed by atoms with van der Waals surface area (Å²) in [4.78, 5) is 117. The number of phosphoric ester groups is 1. The van der Waals surface area contributed by atoms with Gasteiger partial charge in [0.1, 0.15) is 17.1 Å². The number of hydrogen-bond donors (Lipinski definition) is 3. The second kappa shape index (κ2) is 25.0. The number of anilines is 3. The molecule has 28 nitrogen and oxygen atoms in total. The maximum atomic E-state index is 19.0. The molecule has 0 atom stereocenters. The van der Waals surface area contributed by atoms with E-state index in [0.717, 1.165) is 32.3 Å². The molecule has 3 aliphatic rings. The van der Waals surface area contributed by atoms with E-state index in [-0.39, 0.29) is 87.4 Å². The number of H-pyrrole nitrogens is 3. The molecule has 0 amide bonds. The van der Waals surface area contributed by atoms with Crippen molar-refractivity contribution in [3.05, 3.63) is 136 Å². The smallest absolute Gasteiger partial charge is 0.362 e. The van der Waals surface area contributed by atoms with Gasteiger partial charge in [0.05, 0.1) is 53.4 Å². The quantitative estimate of drug-likeness (QED) is 0.0634. The first-order valence-corrected chi connectivity index (χ1v) is 37.7. The molecule has 35 heteroatoms. The van der Waals surface area contributed by atoms with Crippen LogP contribution in [0, 0.1) is 48.7 Å². The van der Waals surface area contributed by atoms with E-state index < -0.39 is 145 Å². The molecular formula is C75H99F6N18O10P. The molecule has 9 aromatic rings. The van der Waals surface area contributed by atoms with Gasteiger partial charge < -0.3 is 14.7 Å². The van der Waals surface area contributed by atoms with Crippen molar-refractivity contribution in [2.24, 2.45) is 48.7 Å². The number of halogens is 6. The average Bonchev–Trinajstić information content (AvgIpc) is 0.962. The number of imidazole rings is 3. The number of nitrogens with zero attached hydrogens (tertiary/aromatic N) is 15. The molecule has 3 fully saturated rings. The van der Waals surface area contributed by atoms with Crippen molar-refractivity contribution < 1.29 is 44.5 Å². The Balaban J connectivity index is 1.16. The van der Waals surface area contributed by atoms with Gasteiger partial charge in [-0.3, -0.25) is 56.6 Å². The molecule has 0 unspecified atom stereocenters. The van der Waals surface area contributed by atoms with Crippen LogP contribution < -0.4 is 48.4 Å². The molecule has 0 spiro atoms. The lowest BCUT2D eigenvalue weighted by atomic mass is 9.68. The van der Waals surface area contributed by atoms with E-state index in [1.165, 1.54) is 125 Å². The molecule has 0 radical (unpaired) electrons. The van der Waals surface area contributed by atoms with E-state index in [0.29, 0.717) is 0 Å². The van der Waals surface area contributed by atoms with Gasteiger partial charge in [-0.1, -0.05) is 166 Å². The summed E-state index contributed by atoms with van der Waals surface area (Å²) in [7, 11) is -6.30. The number of nitrogens with one attached hydrogen (secondary N) is 3. The molecule has 12 rings (SSSR count). The molecule has 12 heterocycles. The lowest BCUT2D eigenvalue weighted by Gasteiger charge is -2.59. The maximum Gasteiger partial charge on any atom is 0.481 e. The molecule has 0 bridgehead atoms. The minimum Gasteiger partial charge on any atom is -0.362 e. The van der Waals surface area contributed by atoms with E-state index in [1.807, 2.05) is 0 Å². The molecule has 110 heavy (non-hydrogen) atoms. The highest BCUT2D eigenvalue weighted by Gasteiger charge is 2.69. The van der Waals surface area contributed by atoms with E-state index >= 15 is 45.3 Å². The SMILES string of the molecule is CC(C)(C)C(OP(=O)(OC(n1cc(-c2cc(N3CC(C)(C)C(F)(F)C3)c3nccn3n2)c(=O)[nH]c1=O)(C(C)(C)C)C(C)(C)C)OC(n1cc(-c2cc(N3CC(C)(C)C(F)(F)C3)c3nccn3n2)c(=O)[nH]c1=O)(C(C)(C)C)C(C)(C)C)(n1cc(-c2cc(N3CC(C)(C)C(F)(F)C3)c3nccn3n2)c(=O)[nH]c1=O)C(C)(C)C. The predicted molar refractivity (Wildman–Crippen MR) is 404 cm³/mol. The summed E-state index contributed by atoms with van der Waals surface area (Å²) in [6.45, 7) is 35.3. The highest BCUT2D eigenvalue weighted by Crippen LogP contribution is 2.72. The minimum absolute atomic E-state index is 0.156. The Hall–Kier alpha value is -9.01. The summed E-state index contributed by atoms with van der Waals surface area (Å²) in [5.41, 5.74) is -29.3. The molecule has 0 aliphatic carbocycles. The molecular weight excluding hydrogens is 1460 g/mol.